The fourth-order valence-corrected chi connectivity index (χ4v) is 3.36. The molecule has 0 radical (unpaired) electrons. The van der Waals surface area contributed by atoms with E-state index in [-0.39, 0.29) is 5.82 Å². The summed E-state index contributed by atoms with van der Waals surface area (Å²) in [4.78, 5) is 16.8. The van der Waals surface area contributed by atoms with Crippen LogP contribution in [0.25, 0.3) is 10.8 Å². The number of aromatic carboxylic acids is 1. The summed E-state index contributed by atoms with van der Waals surface area (Å²) in [7, 11) is 0. The molecule has 94 valence electrons. The van der Waals surface area contributed by atoms with Gasteiger partial charge in [0, 0.05) is 4.88 Å². The first-order chi connectivity index (χ1) is 8.74. The second-order valence-corrected chi connectivity index (χ2v) is 5.48. The summed E-state index contributed by atoms with van der Waals surface area (Å²) < 4.78 is 4.99. The molecule has 1 aliphatic rings. The van der Waals surface area contributed by atoms with Gasteiger partial charge in [0.15, 0.2) is 0 Å². The van der Waals surface area contributed by atoms with Crippen molar-refractivity contribution in [3.63, 3.8) is 0 Å². The topological polar surface area (TPSA) is 76.2 Å². The fraction of sp³-hybridized carbons (Fsp3) is 0.417. The summed E-state index contributed by atoms with van der Waals surface area (Å²) in [5.74, 6) is -1.14. The van der Waals surface area contributed by atoms with E-state index >= 15 is 0 Å². The van der Waals surface area contributed by atoms with Crippen LogP contribution < -0.4 is 0 Å². The Morgan fingerprint density at radius 3 is 2.94 bits per heavy atom. The zero-order chi connectivity index (χ0) is 12.5. The Hall–Kier alpha value is -1.69. The smallest absolute Gasteiger partial charge is 0.377 e. The highest BCUT2D eigenvalue weighted by Gasteiger charge is 2.19. The molecular formula is C12H12N2O3S. The van der Waals surface area contributed by atoms with Gasteiger partial charge in [-0.05, 0) is 42.5 Å². The molecule has 0 saturated carbocycles. The van der Waals surface area contributed by atoms with Crippen LogP contribution >= 0.6 is 11.3 Å². The number of carboxylic acid groups (broad SMARTS) is 1. The molecule has 18 heavy (non-hydrogen) atoms. The lowest BCUT2D eigenvalue weighted by Gasteiger charge is -1.92. The number of thiophene rings is 1. The van der Waals surface area contributed by atoms with Crippen LogP contribution in [-0.4, -0.2) is 21.2 Å². The Balaban J connectivity index is 1.94. The highest BCUT2D eigenvalue weighted by molar-refractivity contribution is 7.15. The van der Waals surface area contributed by atoms with Crippen molar-refractivity contribution < 1.29 is 14.4 Å². The van der Waals surface area contributed by atoms with Crippen molar-refractivity contribution in [1.29, 1.82) is 0 Å². The average molecular weight is 264 g/mol. The summed E-state index contributed by atoms with van der Waals surface area (Å²) in [6.07, 6.45) is 5.90. The Labute approximate surface area is 107 Å². The molecule has 0 bridgehead atoms. The van der Waals surface area contributed by atoms with E-state index in [4.69, 9.17) is 9.63 Å². The number of nitrogens with zero attached hydrogens (tertiary/aromatic N) is 2. The van der Waals surface area contributed by atoms with Crippen LogP contribution in [0.3, 0.4) is 0 Å². The molecule has 5 nitrogen and oxygen atoms in total. The van der Waals surface area contributed by atoms with Gasteiger partial charge in [-0.3, -0.25) is 0 Å². The standard InChI is InChI=1S/C12H12N2O3S/c15-12(16)10-13-11(17-14-10)9-6-7-4-2-1-3-5-8(7)18-9/h6H,1-5H2,(H,15,16). The maximum absolute atomic E-state index is 10.7. The number of aromatic nitrogens is 2. The molecule has 0 saturated heterocycles. The maximum atomic E-state index is 10.7. The van der Waals surface area contributed by atoms with E-state index in [2.05, 4.69) is 16.2 Å². The number of hydrogen-bond donors (Lipinski definition) is 1. The number of aryl methyl sites for hydroxylation is 2. The van der Waals surface area contributed by atoms with Gasteiger partial charge in [-0.1, -0.05) is 6.42 Å². The third kappa shape index (κ3) is 2.03. The Morgan fingerprint density at radius 2 is 2.17 bits per heavy atom. The largest absolute Gasteiger partial charge is 0.475 e. The van der Waals surface area contributed by atoms with Crippen LogP contribution in [0.15, 0.2) is 10.6 Å². The summed E-state index contributed by atoms with van der Waals surface area (Å²) in [6, 6.07) is 2.06. The van der Waals surface area contributed by atoms with E-state index in [1.165, 1.54) is 29.7 Å². The first-order valence-electron chi connectivity index (χ1n) is 5.93. The molecule has 2 aromatic rings. The molecule has 0 fully saturated rings. The number of fused-ring (bicyclic) bond motifs is 1. The second-order valence-electron chi connectivity index (χ2n) is 4.35. The predicted molar refractivity (Wildman–Crippen MR) is 65.8 cm³/mol. The lowest BCUT2D eigenvalue weighted by molar-refractivity contribution is 0.0680. The minimum atomic E-state index is -1.16. The van der Waals surface area contributed by atoms with E-state index in [1.54, 1.807) is 11.3 Å². The van der Waals surface area contributed by atoms with Crippen molar-refractivity contribution in [2.75, 3.05) is 0 Å². The molecule has 1 aliphatic carbocycles. The molecule has 2 heterocycles. The van der Waals surface area contributed by atoms with Crippen molar-refractivity contribution in [1.82, 2.24) is 10.1 Å². The number of rotatable bonds is 2. The summed E-state index contributed by atoms with van der Waals surface area (Å²) in [5.41, 5.74) is 1.35. The molecule has 0 aliphatic heterocycles. The van der Waals surface area contributed by atoms with Gasteiger partial charge in [0.05, 0.1) is 4.88 Å². The first-order valence-corrected chi connectivity index (χ1v) is 6.74. The van der Waals surface area contributed by atoms with Crippen LogP contribution in [0.2, 0.25) is 0 Å². The second kappa shape index (κ2) is 4.53. The monoisotopic (exact) mass is 264 g/mol. The summed E-state index contributed by atoms with van der Waals surface area (Å²) in [5, 5.41) is 12.2. The third-order valence-corrected chi connectivity index (χ3v) is 4.30. The Bertz CT molecular complexity index is 564. The van der Waals surface area contributed by atoms with Gasteiger partial charge >= 0.3 is 5.97 Å². The van der Waals surface area contributed by atoms with Crippen molar-refractivity contribution in [2.24, 2.45) is 0 Å². The lowest BCUT2D eigenvalue weighted by atomic mass is 10.1. The molecule has 0 spiro atoms. The first kappa shape index (κ1) is 11.4. The Morgan fingerprint density at radius 1 is 1.33 bits per heavy atom. The Kier molecular flexibility index (Phi) is 2.87. The number of carboxylic acids is 1. The molecule has 3 rings (SSSR count). The van der Waals surface area contributed by atoms with Gasteiger partial charge in [0.25, 0.3) is 11.7 Å². The fourth-order valence-electron chi connectivity index (χ4n) is 2.18. The minimum absolute atomic E-state index is 0.284. The van der Waals surface area contributed by atoms with Crippen molar-refractivity contribution in [3.8, 4) is 10.8 Å². The molecular weight excluding hydrogens is 252 g/mol. The normalized spacial score (nSPS) is 15.1. The highest BCUT2D eigenvalue weighted by Crippen LogP contribution is 2.34. The molecule has 0 aromatic carbocycles. The molecule has 0 atom stereocenters. The third-order valence-electron chi connectivity index (χ3n) is 3.07. The highest BCUT2D eigenvalue weighted by atomic mass is 32.1. The van der Waals surface area contributed by atoms with Gasteiger partial charge < -0.3 is 9.63 Å². The van der Waals surface area contributed by atoms with E-state index < -0.39 is 5.97 Å². The zero-order valence-corrected chi connectivity index (χ0v) is 10.5. The lowest BCUT2D eigenvalue weighted by Crippen LogP contribution is -1.97. The van der Waals surface area contributed by atoms with Gasteiger partial charge in [0.2, 0.25) is 0 Å². The van der Waals surface area contributed by atoms with E-state index in [1.807, 2.05) is 0 Å². The predicted octanol–water partition coefficient (Wildman–Crippen LogP) is 2.77. The minimum Gasteiger partial charge on any atom is -0.475 e. The van der Waals surface area contributed by atoms with Gasteiger partial charge in [-0.25, -0.2) is 4.79 Å². The van der Waals surface area contributed by atoms with E-state index in [0.29, 0.717) is 5.89 Å². The molecule has 2 aromatic heterocycles. The molecule has 1 N–H and O–H groups in total. The summed E-state index contributed by atoms with van der Waals surface area (Å²) in [6.45, 7) is 0. The van der Waals surface area contributed by atoms with Gasteiger partial charge in [-0.15, -0.1) is 11.3 Å². The van der Waals surface area contributed by atoms with Crippen LogP contribution in [0, 0.1) is 0 Å². The van der Waals surface area contributed by atoms with Crippen LogP contribution in [0.4, 0.5) is 0 Å². The van der Waals surface area contributed by atoms with Crippen LogP contribution in [0.5, 0.6) is 0 Å². The van der Waals surface area contributed by atoms with Crippen molar-refractivity contribution >= 4 is 17.3 Å². The molecule has 0 amide bonds. The van der Waals surface area contributed by atoms with Crippen LogP contribution in [0.1, 0.15) is 40.3 Å². The van der Waals surface area contributed by atoms with E-state index in [9.17, 15) is 4.79 Å². The van der Waals surface area contributed by atoms with E-state index in [0.717, 1.165) is 17.7 Å². The number of hydrogen-bond acceptors (Lipinski definition) is 5. The quantitative estimate of drug-likeness (QED) is 0.844. The van der Waals surface area contributed by atoms with Gasteiger partial charge in [0.1, 0.15) is 0 Å². The average Bonchev–Trinajstić information content (AvgIpc) is 2.92. The molecule has 0 unspecified atom stereocenters. The van der Waals surface area contributed by atoms with Crippen molar-refractivity contribution in [3.05, 3.63) is 22.3 Å². The van der Waals surface area contributed by atoms with Gasteiger partial charge in [-0.2, -0.15) is 4.98 Å². The SMILES string of the molecule is O=C(O)c1noc(-c2cc3c(s2)CCCCC3)n1. The number of carbonyl (C=O) groups is 1. The zero-order valence-electron chi connectivity index (χ0n) is 9.68. The molecule has 6 heteroatoms. The van der Waals surface area contributed by atoms with Crippen molar-refractivity contribution in [2.45, 2.75) is 32.1 Å². The maximum Gasteiger partial charge on any atom is 0.377 e. The van der Waals surface area contributed by atoms with Crippen LogP contribution in [-0.2, 0) is 12.8 Å². The summed E-state index contributed by atoms with van der Waals surface area (Å²) >= 11 is 1.64.